The molecule has 0 saturated carbocycles. The van der Waals surface area contributed by atoms with Crippen molar-refractivity contribution >= 4 is 33.3 Å². The van der Waals surface area contributed by atoms with Crippen molar-refractivity contribution in [2.45, 2.75) is 19.3 Å². The first-order valence-electron chi connectivity index (χ1n) is 3.20. The van der Waals surface area contributed by atoms with Gasteiger partial charge in [-0.1, -0.05) is 12.2 Å². The second kappa shape index (κ2) is 4.87. The van der Waals surface area contributed by atoms with Crippen LogP contribution >= 0.6 is 0 Å². The number of carbonyl (C=O) groups is 1. The zero-order valence-corrected chi connectivity index (χ0v) is 10.3. The molecule has 0 fully saturated rings. The van der Waals surface area contributed by atoms with E-state index in [1.54, 1.807) is 6.08 Å². The fourth-order valence-electron chi connectivity index (χ4n) is 1.02. The van der Waals surface area contributed by atoms with Gasteiger partial charge in [-0.3, -0.25) is 4.79 Å². The Morgan fingerprint density at radius 1 is 1.60 bits per heavy atom. The van der Waals surface area contributed by atoms with Gasteiger partial charge in [0.25, 0.3) is 0 Å². The third-order valence-corrected chi connectivity index (χ3v) is 1.57. The summed E-state index contributed by atoms with van der Waals surface area (Å²) in [6, 6.07) is 0. The molecule has 1 N–H and O–H groups in total. The maximum absolute atomic E-state index is 10.3. The summed E-state index contributed by atoms with van der Waals surface area (Å²) in [5.41, 5.74) is 0. The Morgan fingerprint density at radius 2 is 2.30 bits per heavy atom. The van der Waals surface area contributed by atoms with Crippen molar-refractivity contribution in [2.75, 3.05) is 0 Å². The van der Waals surface area contributed by atoms with Crippen LogP contribution in [-0.4, -0.2) is 38.4 Å². The van der Waals surface area contributed by atoms with Crippen LogP contribution in [0.2, 0.25) is 0 Å². The second-order valence-electron chi connectivity index (χ2n) is 2.30. The molecule has 0 spiro atoms. The Hall–Kier alpha value is 0.132. The minimum Gasteiger partial charge on any atom is -0.481 e. The van der Waals surface area contributed by atoms with E-state index in [2.05, 4.69) is 0 Å². The Labute approximate surface area is 80.5 Å². The van der Waals surface area contributed by atoms with Crippen LogP contribution in [0.15, 0.2) is 12.2 Å². The molecule has 0 aromatic carbocycles. The van der Waals surface area contributed by atoms with Gasteiger partial charge in [0.05, 0.1) is 5.92 Å². The number of aliphatic carboxylic acids is 1. The molecule has 10 heavy (non-hydrogen) atoms. The molecule has 53 valence electrons. The van der Waals surface area contributed by atoms with Gasteiger partial charge in [0.1, 0.15) is 0 Å². The SMILES string of the molecule is O=C(O)C1C=CCCC1.[Tl]. The van der Waals surface area contributed by atoms with Crippen LogP contribution in [0.1, 0.15) is 19.3 Å². The van der Waals surface area contributed by atoms with Crippen molar-refractivity contribution in [1.29, 1.82) is 0 Å². The fourth-order valence-corrected chi connectivity index (χ4v) is 1.02. The molecular formula is C7H10O2Tl. The van der Waals surface area contributed by atoms with E-state index in [4.69, 9.17) is 5.11 Å². The molecule has 3 heteroatoms. The topological polar surface area (TPSA) is 37.3 Å². The second-order valence-corrected chi connectivity index (χ2v) is 2.30. The first kappa shape index (κ1) is 10.1. The van der Waals surface area contributed by atoms with E-state index >= 15 is 0 Å². The first-order chi connectivity index (χ1) is 4.30. The van der Waals surface area contributed by atoms with Crippen molar-refractivity contribution in [3.05, 3.63) is 12.2 Å². The fraction of sp³-hybridized carbons (Fsp3) is 0.571. The van der Waals surface area contributed by atoms with Gasteiger partial charge in [-0.05, 0) is 19.3 Å². The maximum atomic E-state index is 10.3. The molecule has 0 amide bonds. The predicted molar refractivity (Wildman–Crippen MR) is 39.9 cm³/mol. The quantitative estimate of drug-likeness (QED) is 0.576. The van der Waals surface area contributed by atoms with Crippen LogP contribution in [0.4, 0.5) is 0 Å². The molecule has 1 aliphatic rings. The summed E-state index contributed by atoms with van der Waals surface area (Å²) < 4.78 is 0. The van der Waals surface area contributed by atoms with Crippen molar-refractivity contribution in [3.63, 3.8) is 0 Å². The van der Waals surface area contributed by atoms with Crippen LogP contribution in [0, 0.1) is 5.92 Å². The van der Waals surface area contributed by atoms with Gasteiger partial charge in [-0.15, -0.1) is 0 Å². The Morgan fingerprint density at radius 3 is 2.60 bits per heavy atom. The maximum Gasteiger partial charge on any atom is 0.310 e. The number of hydrogen-bond donors (Lipinski definition) is 1. The molecule has 1 rings (SSSR count). The molecular weight excluding hydrogens is 320 g/mol. The Balaban J connectivity index is 0.000000810. The van der Waals surface area contributed by atoms with Gasteiger partial charge in [0, 0.05) is 27.3 Å². The van der Waals surface area contributed by atoms with Crippen LogP contribution < -0.4 is 0 Å². The van der Waals surface area contributed by atoms with Crippen molar-refractivity contribution in [1.82, 2.24) is 0 Å². The van der Waals surface area contributed by atoms with Crippen LogP contribution in [-0.2, 0) is 4.79 Å². The van der Waals surface area contributed by atoms with Crippen LogP contribution in [0.3, 0.4) is 0 Å². The molecule has 2 nitrogen and oxygen atoms in total. The Kier molecular flexibility index (Phi) is 4.94. The van der Waals surface area contributed by atoms with E-state index in [9.17, 15) is 4.79 Å². The molecule has 1 radical (unpaired) electrons. The third-order valence-electron chi connectivity index (χ3n) is 1.57. The minimum atomic E-state index is -0.689. The van der Waals surface area contributed by atoms with Gasteiger partial charge >= 0.3 is 5.97 Å². The smallest absolute Gasteiger partial charge is 0.310 e. The summed E-state index contributed by atoms with van der Waals surface area (Å²) in [6.45, 7) is 0. The van der Waals surface area contributed by atoms with E-state index in [1.807, 2.05) is 6.08 Å². The van der Waals surface area contributed by atoms with E-state index in [0.717, 1.165) is 19.3 Å². The van der Waals surface area contributed by atoms with Crippen LogP contribution in [0.5, 0.6) is 0 Å². The zero-order valence-electron chi connectivity index (χ0n) is 5.79. The van der Waals surface area contributed by atoms with Crippen molar-refractivity contribution < 1.29 is 9.90 Å². The average molecular weight is 331 g/mol. The third kappa shape index (κ3) is 2.81. The molecule has 0 saturated heterocycles. The molecule has 0 aromatic heterocycles. The molecule has 1 aliphatic carbocycles. The average Bonchev–Trinajstić information content (AvgIpc) is 1.90. The summed E-state index contributed by atoms with van der Waals surface area (Å²) in [7, 11) is 0. The summed E-state index contributed by atoms with van der Waals surface area (Å²) in [4.78, 5) is 10.3. The number of rotatable bonds is 1. The number of hydrogen-bond acceptors (Lipinski definition) is 1. The number of carboxylic acids is 1. The van der Waals surface area contributed by atoms with Crippen LogP contribution in [0.25, 0.3) is 0 Å². The molecule has 1 unspecified atom stereocenters. The van der Waals surface area contributed by atoms with Crippen molar-refractivity contribution in [3.8, 4) is 0 Å². The summed E-state index contributed by atoms with van der Waals surface area (Å²) >= 11 is 0. The monoisotopic (exact) mass is 331 g/mol. The van der Waals surface area contributed by atoms with E-state index in [-0.39, 0.29) is 33.2 Å². The van der Waals surface area contributed by atoms with Gasteiger partial charge < -0.3 is 5.11 Å². The summed E-state index contributed by atoms with van der Waals surface area (Å²) in [5.74, 6) is -0.898. The first-order valence-corrected chi connectivity index (χ1v) is 3.20. The molecule has 0 bridgehead atoms. The summed E-state index contributed by atoms with van der Waals surface area (Å²) in [6.07, 6.45) is 6.61. The minimum absolute atomic E-state index is 0. The number of carboxylic acid groups (broad SMARTS) is 1. The van der Waals surface area contributed by atoms with Gasteiger partial charge in [-0.2, -0.15) is 0 Å². The van der Waals surface area contributed by atoms with Gasteiger partial charge in [0.2, 0.25) is 0 Å². The van der Waals surface area contributed by atoms with E-state index < -0.39 is 5.97 Å². The Bertz CT molecular complexity index is 143. The molecule has 0 aliphatic heterocycles. The van der Waals surface area contributed by atoms with E-state index in [0.29, 0.717) is 0 Å². The molecule has 0 heterocycles. The molecule has 0 aromatic rings. The largest absolute Gasteiger partial charge is 0.481 e. The van der Waals surface area contributed by atoms with E-state index in [1.165, 1.54) is 0 Å². The predicted octanol–water partition coefficient (Wildman–Crippen LogP) is 1.05. The number of allylic oxidation sites excluding steroid dienone is 1. The van der Waals surface area contributed by atoms with Gasteiger partial charge in [0.15, 0.2) is 0 Å². The van der Waals surface area contributed by atoms with Gasteiger partial charge in [-0.25, -0.2) is 0 Å². The normalized spacial score (nSPS) is 23.4. The van der Waals surface area contributed by atoms with Crippen molar-refractivity contribution in [2.24, 2.45) is 5.92 Å². The molecule has 1 atom stereocenters. The summed E-state index contributed by atoms with van der Waals surface area (Å²) in [5, 5.41) is 8.49. The standard InChI is InChI=1S/C7H10O2.Tl/c8-7(9)6-4-2-1-3-5-6;/h2,4,6H,1,3,5H2,(H,8,9);. The zero-order chi connectivity index (χ0) is 6.69.